The Labute approximate surface area is 190 Å². The summed E-state index contributed by atoms with van der Waals surface area (Å²) < 4.78 is 27.2. The summed E-state index contributed by atoms with van der Waals surface area (Å²) in [6.07, 6.45) is -0.260. The number of carbonyl (C=O) groups excluding carboxylic acids is 3. The van der Waals surface area contributed by atoms with Crippen molar-refractivity contribution in [2.75, 3.05) is 27.9 Å². The third-order valence-corrected chi connectivity index (χ3v) is 5.39. The van der Waals surface area contributed by atoms with Crippen molar-refractivity contribution < 1.29 is 37.7 Å². The van der Waals surface area contributed by atoms with E-state index in [1.165, 1.54) is 21.3 Å². The van der Waals surface area contributed by atoms with Crippen molar-refractivity contribution in [2.45, 2.75) is 13.3 Å². The molecule has 1 heterocycles. The van der Waals surface area contributed by atoms with Gasteiger partial charge in [0.2, 0.25) is 11.5 Å². The number of methoxy groups -OCH3 is 3. The lowest BCUT2D eigenvalue weighted by Gasteiger charge is -2.16. The largest absolute Gasteiger partial charge is 0.493 e. The molecule has 0 bridgehead atoms. The summed E-state index contributed by atoms with van der Waals surface area (Å²) in [6.45, 7) is 1.87. The zero-order chi connectivity index (χ0) is 23.7. The van der Waals surface area contributed by atoms with Gasteiger partial charge in [-0.05, 0) is 24.6 Å². The van der Waals surface area contributed by atoms with Gasteiger partial charge in [-0.25, -0.2) is 0 Å². The van der Waals surface area contributed by atoms with Crippen molar-refractivity contribution in [3.05, 3.63) is 64.6 Å². The van der Waals surface area contributed by atoms with Crippen LogP contribution >= 0.6 is 0 Å². The van der Waals surface area contributed by atoms with Crippen molar-refractivity contribution in [3.8, 4) is 28.4 Å². The standard InChI is InChI=1S/C25H22O8/c1-5-32-19(26)12-16-20(13-10-17(29-2)24(31-4)18(11-13)30-3)21-22(27)14-8-6-7-9-15(14)23(28)25(21)33-16/h6-11H,5,12H2,1-4H3. The number of furan rings is 1. The van der Waals surface area contributed by atoms with Gasteiger partial charge in [-0.2, -0.15) is 0 Å². The van der Waals surface area contributed by atoms with Crippen molar-refractivity contribution in [1.29, 1.82) is 0 Å². The Morgan fingerprint density at radius 2 is 1.48 bits per heavy atom. The fourth-order valence-corrected chi connectivity index (χ4v) is 3.99. The molecule has 33 heavy (non-hydrogen) atoms. The first-order valence-corrected chi connectivity index (χ1v) is 10.2. The van der Waals surface area contributed by atoms with Crippen molar-refractivity contribution in [2.24, 2.45) is 0 Å². The van der Waals surface area contributed by atoms with Crippen LogP contribution in [0.4, 0.5) is 0 Å². The minimum Gasteiger partial charge on any atom is -0.493 e. The molecule has 3 aromatic rings. The molecule has 0 saturated heterocycles. The number of benzene rings is 2. The second-order valence-corrected chi connectivity index (χ2v) is 7.20. The monoisotopic (exact) mass is 450 g/mol. The highest BCUT2D eigenvalue weighted by atomic mass is 16.5. The highest BCUT2D eigenvalue weighted by Gasteiger charge is 2.38. The van der Waals surface area contributed by atoms with Crippen LogP contribution in [-0.4, -0.2) is 45.5 Å². The average molecular weight is 450 g/mol. The average Bonchev–Trinajstić information content (AvgIpc) is 3.20. The molecule has 0 amide bonds. The molecule has 0 spiro atoms. The molecule has 0 N–H and O–H groups in total. The van der Waals surface area contributed by atoms with Gasteiger partial charge in [0.15, 0.2) is 23.0 Å². The Balaban J connectivity index is 2.00. The van der Waals surface area contributed by atoms with E-state index in [0.717, 1.165) is 0 Å². The number of fused-ring (bicyclic) bond motifs is 2. The molecule has 0 aliphatic heterocycles. The van der Waals surface area contributed by atoms with Gasteiger partial charge in [-0.3, -0.25) is 14.4 Å². The summed E-state index contributed by atoms with van der Waals surface area (Å²) in [7, 11) is 4.41. The van der Waals surface area contributed by atoms with Crippen LogP contribution in [0.5, 0.6) is 17.2 Å². The summed E-state index contributed by atoms with van der Waals surface area (Å²) in [6, 6.07) is 9.81. The molecule has 2 aromatic carbocycles. The van der Waals surface area contributed by atoms with Crippen LogP contribution in [0.3, 0.4) is 0 Å². The van der Waals surface area contributed by atoms with Crippen LogP contribution in [0.15, 0.2) is 40.8 Å². The van der Waals surface area contributed by atoms with Gasteiger partial charge in [0.1, 0.15) is 12.2 Å². The topological polar surface area (TPSA) is 101 Å². The Hall–Kier alpha value is -4.07. The van der Waals surface area contributed by atoms with Gasteiger partial charge in [-0.15, -0.1) is 0 Å². The number of esters is 1. The van der Waals surface area contributed by atoms with Crippen molar-refractivity contribution in [3.63, 3.8) is 0 Å². The minimum atomic E-state index is -0.547. The Morgan fingerprint density at radius 3 is 2.03 bits per heavy atom. The van der Waals surface area contributed by atoms with Crippen LogP contribution in [0, 0.1) is 0 Å². The first-order valence-electron chi connectivity index (χ1n) is 10.2. The van der Waals surface area contributed by atoms with Crippen molar-refractivity contribution >= 4 is 17.5 Å². The van der Waals surface area contributed by atoms with Crippen molar-refractivity contribution in [1.82, 2.24) is 0 Å². The number of ketones is 2. The van der Waals surface area contributed by atoms with Crippen LogP contribution in [-0.2, 0) is 16.0 Å². The van der Waals surface area contributed by atoms with E-state index in [4.69, 9.17) is 23.4 Å². The molecule has 8 nitrogen and oxygen atoms in total. The van der Waals surface area contributed by atoms with E-state index >= 15 is 0 Å². The highest BCUT2D eigenvalue weighted by molar-refractivity contribution is 6.29. The van der Waals surface area contributed by atoms with Crippen LogP contribution in [0.25, 0.3) is 11.1 Å². The Kier molecular flexibility index (Phi) is 5.91. The maximum Gasteiger partial charge on any atom is 0.313 e. The molecule has 0 atom stereocenters. The van der Waals surface area contributed by atoms with Gasteiger partial charge in [0.05, 0.1) is 33.5 Å². The molecule has 1 aromatic heterocycles. The fraction of sp³-hybridized carbons (Fsp3) is 0.240. The van der Waals surface area contributed by atoms with E-state index in [9.17, 15) is 14.4 Å². The molecule has 0 saturated carbocycles. The predicted molar refractivity (Wildman–Crippen MR) is 117 cm³/mol. The molecule has 0 radical (unpaired) electrons. The number of carbonyl (C=O) groups is 3. The summed E-state index contributed by atoms with van der Waals surface area (Å²) in [5.41, 5.74) is 1.39. The highest BCUT2D eigenvalue weighted by Crippen LogP contribution is 2.45. The molecule has 1 aliphatic carbocycles. The number of ether oxygens (including phenoxy) is 4. The normalized spacial score (nSPS) is 12.1. The van der Waals surface area contributed by atoms with Gasteiger partial charge in [0, 0.05) is 16.7 Å². The lowest BCUT2D eigenvalue weighted by molar-refractivity contribution is -0.142. The third-order valence-electron chi connectivity index (χ3n) is 5.39. The Morgan fingerprint density at radius 1 is 0.879 bits per heavy atom. The maximum atomic E-state index is 13.5. The zero-order valence-corrected chi connectivity index (χ0v) is 18.6. The smallest absolute Gasteiger partial charge is 0.313 e. The van der Waals surface area contributed by atoms with E-state index in [2.05, 4.69) is 0 Å². The number of hydrogen-bond acceptors (Lipinski definition) is 8. The molecule has 0 fully saturated rings. The first-order chi connectivity index (χ1) is 15.9. The van der Waals surface area contributed by atoms with E-state index in [1.807, 2.05) is 0 Å². The molecule has 4 rings (SSSR count). The minimum absolute atomic E-state index is 0.0901. The second-order valence-electron chi connectivity index (χ2n) is 7.20. The van der Waals surface area contributed by atoms with Gasteiger partial charge >= 0.3 is 5.97 Å². The van der Waals surface area contributed by atoms with E-state index in [1.54, 1.807) is 43.3 Å². The van der Waals surface area contributed by atoms with Crippen LogP contribution in [0.1, 0.15) is 44.7 Å². The van der Waals surface area contributed by atoms with E-state index in [0.29, 0.717) is 28.4 Å². The lowest BCUT2D eigenvalue weighted by atomic mass is 9.84. The number of hydrogen-bond donors (Lipinski definition) is 0. The predicted octanol–water partition coefficient (Wildman–Crippen LogP) is 3.85. The summed E-state index contributed by atoms with van der Waals surface area (Å²) in [5, 5.41) is 0. The lowest BCUT2D eigenvalue weighted by Crippen LogP contribution is -2.19. The summed E-state index contributed by atoms with van der Waals surface area (Å²) in [4.78, 5) is 39.0. The second kappa shape index (κ2) is 8.82. The first kappa shape index (κ1) is 22.1. The summed E-state index contributed by atoms with van der Waals surface area (Å²) in [5.74, 6) is -0.260. The van der Waals surface area contributed by atoms with E-state index < -0.39 is 11.8 Å². The van der Waals surface area contributed by atoms with Crippen LogP contribution in [0.2, 0.25) is 0 Å². The van der Waals surface area contributed by atoms with Crippen LogP contribution < -0.4 is 14.2 Å². The van der Waals surface area contributed by atoms with Gasteiger partial charge in [-0.1, -0.05) is 24.3 Å². The molecule has 8 heteroatoms. The quantitative estimate of drug-likeness (QED) is 0.391. The fourth-order valence-electron chi connectivity index (χ4n) is 3.99. The third kappa shape index (κ3) is 3.63. The number of rotatable bonds is 7. The molecular formula is C25H22O8. The maximum absolute atomic E-state index is 13.5. The molecule has 0 unspecified atom stereocenters. The van der Waals surface area contributed by atoms with Gasteiger partial charge < -0.3 is 23.4 Å². The summed E-state index contributed by atoms with van der Waals surface area (Å²) >= 11 is 0. The zero-order valence-electron chi connectivity index (χ0n) is 18.6. The Bertz CT molecular complexity index is 1240. The molecule has 170 valence electrons. The SMILES string of the molecule is CCOC(=O)Cc1oc2c(c1-c1cc(OC)c(OC)c(OC)c1)C(=O)c1ccccc1C2=O. The molecule has 1 aliphatic rings. The van der Waals surface area contributed by atoms with Gasteiger partial charge in [0.25, 0.3) is 0 Å². The molecular weight excluding hydrogens is 428 g/mol. The van der Waals surface area contributed by atoms with E-state index in [-0.39, 0.29) is 47.0 Å².